The third-order valence-electron chi connectivity index (χ3n) is 4.79. The van der Waals surface area contributed by atoms with Gasteiger partial charge in [-0.3, -0.25) is 9.69 Å². The van der Waals surface area contributed by atoms with Gasteiger partial charge in [-0.1, -0.05) is 24.8 Å². The molecule has 0 saturated carbocycles. The number of piperidine rings is 1. The van der Waals surface area contributed by atoms with Crippen molar-refractivity contribution >= 4 is 11.7 Å². The van der Waals surface area contributed by atoms with Crippen molar-refractivity contribution in [3.63, 3.8) is 0 Å². The molecule has 0 aromatic heterocycles. The fourth-order valence-corrected chi connectivity index (χ4v) is 3.19. The zero-order valence-corrected chi connectivity index (χ0v) is 16.1. The fourth-order valence-electron chi connectivity index (χ4n) is 3.19. The molecule has 1 aromatic carbocycles. The summed E-state index contributed by atoms with van der Waals surface area (Å²) < 4.78 is 19.0. The molecule has 0 aliphatic carbocycles. The van der Waals surface area contributed by atoms with Crippen molar-refractivity contribution in [2.24, 2.45) is 16.6 Å². The molecule has 5 nitrogen and oxygen atoms in total. The maximum atomic E-state index is 13.7. The fraction of sp³-hybridized carbons (Fsp3) is 0.429. The Balaban J connectivity index is 1.86. The van der Waals surface area contributed by atoms with E-state index in [-0.39, 0.29) is 23.9 Å². The van der Waals surface area contributed by atoms with Crippen molar-refractivity contribution in [3.8, 4) is 0 Å². The molecule has 27 heavy (non-hydrogen) atoms. The highest BCUT2D eigenvalue weighted by molar-refractivity contribution is 5.93. The Bertz CT molecular complexity index is 735. The van der Waals surface area contributed by atoms with Crippen molar-refractivity contribution in [3.05, 3.63) is 59.7 Å². The van der Waals surface area contributed by atoms with Crippen LogP contribution in [-0.4, -0.2) is 43.3 Å². The van der Waals surface area contributed by atoms with Crippen LogP contribution in [0.15, 0.2) is 53.3 Å². The summed E-state index contributed by atoms with van der Waals surface area (Å²) >= 11 is 0. The largest absolute Gasteiger partial charge is 0.481 e. The molecule has 2 N–H and O–H groups in total. The van der Waals surface area contributed by atoms with Crippen LogP contribution in [0.25, 0.3) is 0 Å². The molecular weight excluding hydrogens is 345 g/mol. The second-order valence-electron chi connectivity index (χ2n) is 6.82. The second-order valence-corrected chi connectivity index (χ2v) is 6.82. The summed E-state index contributed by atoms with van der Waals surface area (Å²) in [5.74, 6) is 0.244. The number of ketones is 1. The first kappa shape index (κ1) is 20.8. The quantitative estimate of drug-likeness (QED) is 0.589. The predicted octanol–water partition coefficient (Wildman–Crippen LogP) is 3.07. The molecule has 0 amide bonds. The standard InChI is InChI=1S/C21H28FN3O2/c1-15(21(27-3)24-16(2)13-23)14-25-10-8-17(9-11-25)20(26)12-18-6-4-5-7-19(18)22/h4-7,13,17H,1,8-12,14,23H2,2-3H3/b16-13-,24-21+. The number of carbonyl (C=O) groups is 1. The number of hydrogen-bond acceptors (Lipinski definition) is 5. The molecule has 0 unspecified atom stereocenters. The molecular formula is C21H28FN3O2. The van der Waals surface area contributed by atoms with Crippen LogP contribution in [0.3, 0.4) is 0 Å². The zero-order valence-electron chi connectivity index (χ0n) is 16.1. The summed E-state index contributed by atoms with van der Waals surface area (Å²) in [6.07, 6.45) is 3.11. The van der Waals surface area contributed by atoms with E-state index >= 15 is 0 Å². The maximum absolute atomic E-state index is 13.7. The number of methoxy groups -OCH3 is 1. The summed E-state index contributed by atoms with van der Waals surface area (Å²) in [6.45, 7) is 8.04. The number of nitrogens with two attached hydrogens (primary N) is 1. The van der Waals surface area contributed by atoms with Crippen LogP contribution in [0.5, 0.6) is 0 Å². The van der Waals surface area contributed by atoms with Crippen molar-refractivity contribution < 1.29 is 13.9 Å². The lowest BCUT2D eigenvalue weighted by Crippen LogP contribution is -2.38. The number of ether oxygens (including phenoxy) is 1. The van der Waals surface area contributed by atoms with Gasteiger partial charge in [-0.05, 0) is 44.5 Å². The Morgan fingerprint density at radius 2 is 2.07 bits per heavy atom. The summed E-state index contributed by atoms with van der Waals surface area (Å²) in [5.41, 5.74) is 7.35. The van der Waals surface area contributed by atoms with Gasteiger partial charge in [-0.15, -0.1) is 0 Å². The van der Waals surface area contributed by atoms with Crippen LogP contribution in [0.1, 0.15) is 25.3 Å². The van der Waals surface area contributed by atoms with Gasteiger partial charge < -0.3 is 10.5 Å². The van der Waals surface area contributed by atoms with Crippen LogP contribution in [-0.2, 0) is 16.0 Å². The Kier molecular flexibility index (Phi) is 7.73. The molecule has 146 valence electrons. The van der Waals surface area contributed by atoms with E-state index in [9.17, 15) is 9.18 Å². The number of rotatable bonds is 7. The van der Waals surface area contributed by atoms with Crippen molar-refractivity contribution in [2.45, 2.75) is 26.2 Å². The molecule has 1 fully saturated rings. The molecule has 1 saturated heterocycles. The summed E-state index contributed by atoms with van der Waals surface area (Å²) in [6, 6.07) is 6.47. The normalized spacial score (nSPS) is 17.0. The van der Waals surface area contributed by atoms with Gasteiger partial charge in [0.05, 0.1) is 12.8 Å². The number of nitrogens with zero attached hydrogens (tertiary/aromatic N) is 2. The third-order valence-corrected chi connectivity index (χ3v) is 4.79. The van der Waals surface area contributed by atoms with E-state index in [1.54, 1.807) is 32.2 Å². The second kappa shape index (κ2) is 10.0. The van der Waals surface area contributed by atoms with E-state index in [0.717, 1.165) is 31.5 Å². The number of aliphatic imine (C=N–C) groups is 1. The van der Waals surface area contributed by atoms with Crippen LogP contribution in [0.2, 0.25) is 0 Å². The van der Waals surface area contributed by atoms with Gasteiger partial charge in [0.1, 0.15) is 11.6 Å². The topological polar surface area (TPSA) is 67.9 Å². The molecule has 0 spiro atoms. The van der Waals surface area contributed by atoms with Crippen LogP contribution in [0, 0.1) is 11.7 Å². The molecule has 2 rings (SSSR count). The smallest absolute Gasteiger partial charge is 0.217 e. The Labute approximate surface area is 160 Å². The van der Waals surface area contributed by atoms with E-state index in [2.05, 4.69) is 16.5 Å². The number of hydrogen-bond donors (Lipinski definition) is 1. The number of Topliss-reactive ketones (excluding diaryl/α,β-unsaturated/α-hetero) is 1. The lowest BCUT2D eigenvalue weighted by Gasteiger charge is -2.31. The highest BCUT2D eigenvalue weighted by atomic mass is 19.1. The number of halogens is 1. The Morgan fingerprint density at radius 1 is 1.41 bits per heavy atom. The van der Waals surface area contributed by atoms with E-state index in [1.165, 1.54) is 12.3 Å². The minimum atomic E-state index is -0.312. The Morgan fingerprint density at radius 3 is 2.67 bits per heavy atom. The molecule has 0 radical (unpaired) electrons. The number of benzene rings is 1. The first-order valence-corrected chi connectivity index (χ1v) is 9.12. The minimum absolute atomic E-state index is 0.0212. The van der Waals surface area contributed by atoms with Crippen LogP contribution >= 0.6 is 0 Å². The van der Waals surface area contributed by atoms with Gasteiger partial charge in [0.15, 0.2) is 0 Å². The van der Waals surface area contributed by atoms with Gasteiger partial charge >= 0.3 is 0 Å². The minimum Gasteiger partial charge on any atom is -0.481 e. The lowest BCUT2D eigenvalue weighted by molar-refractivity contribution is -0.123. The van der Waals surface area contributed by atoms with E-state index in [1.807, 2.05) is 0 Å². The molecule has 1 aliphatic heterocycles. The van der Waals surface area contributed by atoms with Gasteiger partial charge in [0.25, 0.3) is 0 Å². The third kappa shape index (κ3) is 6.03. The molecule has 1 aliphatic rings. The zero-order chi connectivity index (χ0) is 19.8. The van der Waals surface area contributed by atoms with Crippen LogP contribution < -0.4 is 5.73 Å². The monoisotopic (exact) mass is 373 g/mol. The van der Waals surface area contributed by atoms with Gasteiger partial charge in [-0.2, -0.15) is 0 Å². The molecule has 0 bridgehead atoms. The van der Waals surface area contributed by atoms with Gasteiger partial charge in [0, 0.05) is 30.7 Å². The number of allylic oxidation sites excluding steroid dienone is 1. The van der Waals surface area contributed by atoms with Gasteiger partial charge in [0.2, 0.25) is 5.90 Å². The summed E-state index contributed by atoms with van der Waals surface area (Å²) in [7, 11) is 1.56. The average Bonchev–Trinajstić information content (AvgIpc) is 2.68. The highest BCUT2D eigenvalue weighted by Crippen LogP contribution is 2.21. The average molecular weight is 373 g/mol. The van der Waals surface area contributed by atoms with Crippen molar-refractivity contribution in [1.82, 2.24) is 4.90 Å². The Hall–Kier alpha value is -2.47. The molecule has 6 heteroatoms. The van der Waals surface area contributed by atoms with Gasteiger partial charge in [-0.25, -0.2) is 9.38 Å². The molecule has 1 aromatic rings. The first-order valence-electron chi connectivity index (χ1n) is 9.12. The molecule has 0 atom stereocenters. The van der Waals surface area contributed by atoms with E-state index < -0.39 is 0 Å². The number of likely N-dealkylation sites (tertiary alicyclic amines) is 1. The lowest BCUT2D eigenvalue weighted by atomic mass is 9.89. The maximum Gasteiger partial charge on any atom is 0.217 e. The predicted molar refractivity (Wildman–Crippen MR) is 106 cm³/mol. The summed E-state index contributed by atoms with van der Waals surface area (Å²) in [5, 5.41) is 0. The SMILES string of the molecule is C=C(CN1CCC(C(=O)Cc2ccccc2F)CC1)/C(=N\C(C)=C/N)OC. The van der Waals surface area contributed by atoms with Crippen molar-refractivity contribution in [2.75, 3.05) is 26.7 Å². The molecule has 1 heterocycles. The first-order chi connectivity index (χ1) is 12.9. The van der Waals surface area contributed by atoms with E-state index in [4.69, 9.17) is 10.5 Å². The van der Waals surface area contributed by atoms with E-state index in [0.29, 0.717) is 23.7 Å². The van der Waals surface area contributed by atoms with Crippen LogP contribution in [0.4, 0.5) is 4.39 Å². The number of carbonyl (C=O) groups excluding carboxylic acids is 1. The summed E-state index contributed by atoms with van der Waals surface area (Å²) in [4.78, 5) is 19.0. The highest BCUT2D eigenvalue weighted by Gasteiger charge is 2.26. The van der Waals surface area contributed by atoms with Crippen molar-refractivity contribution in [1.29, 1.82) is 0 Å².